The number of pyridine rings is 1. The summed E-state index contributed by atoms with van der Waals surface area (Å²) in [7, 11) is 0. The van der Waals surface area contributed by atoms with Crippen LogP contribution in [-0.4, -0.2) is 11.0 Å². The average molecular weight is 287 g/mol. The second kappa shape index (κ2) is 5.17. The van der Waals surface area contributed by atoms with Crippen molar-refractivity contribution in [3.63, 3.8) is 0 Å². The van der Waals surface area contributed by atoms with Crippen molar-refractivity contribution in [3.8, 4) is 0 Å². The molecular formula is C17H22FN3. The van der Waals surface area contributed by atoms with Gasteiger partial charge < -0.3 is 11.1 Å². The molecule has 0 spiro atoms. The number of nitrogens with one attached hydrogen (secondary N) is 1. The minimum Gasteiger partial charge on any atom is -0.398 e. The summed E-state index contributed by atoms with van der Waals surface area (Å²) in [6.07, 6.45) is 6.33. The highest BCUT2D eigenvalue weighted by atomic mass is 19.1. The van der Waals surface area contributed by atoms with Gasteiger partial charge in [-0.15, -0.1) is 0 Å². The van der Waals surface area contributed by atoms with Gasteiger partial charge in [0.2, 0.25) is 0 Å². The smallest absolute Gasteiger partial charge is 0.150 e. The zero-order valence-electron chi connectivity index (χ0n) is 12.6. The molecule has 1 fully saturated rings. The molecule has 1 aliphatic carbocycles. The van der Waals surface area contributed by atoms with Gasteiger partial charge in [-0.3, -0.25) is 4.98 Å². The SMILES string of the molecule is CC1(C)CCCCC1Nc1c(F)cc(N)c2cccnc12. The van der Waals surface area contributed by atoms with Gasteiger partial charge in [-0.2, -0.15) is 0 Å². The highest BCUT2D eigenvalue weighted by Crippen LogP contribution is 2.39. The van der Waals surface area contributed by atoms with E-state index in [-0.39, 0.29) is 17.3 Å². The third-order valence-corrected chi connectivity index (χ3v) is 4.70. The predicted molar refractivity (Wildman–Crippen MR) is 85.8 cm³/mol. The van der Waals surface area contributed by atoms with E-state index in [9.17, 15) is 4.39 Å². The van der Waals surface area contributed by atoms with Crippen LogP contribution in [0, 0.1) is 11.2 Å². The Bertz CT molecular complexity index is 666. The van der Waals surface area contributed by atoms with Gasteiger partial charge >= 0.3 is 0 Å². The van der Waals surface area contributed by atoms with Gasteiger partial charge in [-0.1, -0.05) is 26.7 Å². The van der Waals surface area contributed by atoms with E-state index < -0.39 is 0 Å². The predicted octanol–water partition coefficient (Wildman–Crippen LogP) is 4.34. The summed E-state index contributed by atoms with van der Waals surface area (Å²) in [5.74, 6) is -0.319. The fourth-order valence-corrected chi connectivity index (χ4v) is 3.31. The number of benzene rings is 1. The zero-order valence-corrected chi connectivity index (χ0v) is 12.6. The number of nitrogen functional groups attached to an aromatic ring is 1. The molecule has 1 heterocycles. The third kappa shape index (κ3) is 2.55. The Hall–Kier alpha value is -1.84. The number of hydrogen-bond acceptors (Lipinski definition) is 3. The largest absolute Gasteiger partial charge is 0.398 e. The maximum atomic E-state index is 14.4. The van der Waals surface area contributed by atoms with Crippen molar-refractivity contribution in [2.24, 2.45) is 5.41 Å². The van der Waals surface area contributed by atoms with Crippen LogP contribution in [-0.2, 0) is 0 Å². The van der Waals surface area contributed by atoms with E-state index in [1.54, 1.807) is 6.20 Å². The van der Waals surface area contributed by atoms with Crippen molar-refractivity contribution in [1.29, 1.82) is 0 Å². The quantitative estimate of drug-likeness (QED) is 0.808. The molecule has 4 heteroatoms. The molecule has 3 N–H and O–H groups in total. The Morgan fingerprint density at radius 1 is 1.38 bits per heavy atom. The molecule has 0 bridgehead atoms. The summed E-state index contributed by atoms with van der Waals surface area (Å²) in [6.45, 7) is 4.49. The molecule has 0 amide bonds. The summed E-state index contributed by atoms with van der Waals surface area (Å²) >= 11 is 0. The Balaban J connectivity index is 2.04. The Kier molecular flexibility index (Phi) is 3.47. The highest BCUT2D eigenvalue weighted by molar-refractivity contribution is 5.98. The second-order valence-electron chi connectivity index (χ2n) is 6.65. The van der Waals surface area contributed by atoms with E-state index >= 15 is 0 Å². The fourth-order valence-electron chi connectivity index (χ4n) is 3.31. The number of nitrogens with two attached hydrogens (primary N) is 1. The molecule has 1 saturated carbocycles. The summed E-state index contributed by atoms with van der Waals surface area (Å²) in [6, 6.07) is 5.36. The van der Waals surface area contributed by atoms with Crippen LogP contribution >= 0.6 is 0 Å². The number of nitrogens with zero attached hydrogens (tertiary/aromatic N) is 1. The van der Waals surface area contributed by atoms with Crippen LogP contribution in [0.5, 0.6) is 0 Å². The lowest BCUT2D eigenvalue weighted by molar-refractivity contribution is 0.217. The van der Waals surface area contributed by atoms with Crippen molar-refractivity contribution < 1.29 is 4.39 Å². The van der Waals surface area contributed by atoms with Crippen molar-refractivity contribution in [1.82, 2.24) is 4.98 Å². The average Bonchev–Trinajstić information content (AvgIpc) is 2.44. The number of rotatable bonds is 2. The molecule has 0 saturated heterocycles. The summed E-state index contributed by atoms with van der Waals surface area (Å²) in [5, 5.41) is 4.22. The molecule has 0 aliphatic heterocycles. The fraction of sp³-hybridized carbons (Fsp3) is 0.471. The van der Waals surface area contributed by atoms with Crippen LogP contribution in [0.25, 0.3) is 10.9 Å². The molecule has 1 atom stereocenters. The number of hydrogen-bond donors (Lipinski definition) is 2. The number of halogens is 1. The van der Waals surface area contributed by atoms with Crippen LogP contribution in [0.2, 0.25) is 0 Å². The molecule has 21 heavy (non-hydrogen) atoms. The van der Waals surface area contributed by atoms with E-state index in [1.807, 2.05) is 12.1 Å². The second-order valence-corrected chi connectivity index (χ2v) is 6.65. The van der Waals surface area contributed by atoms with E-state index in [2.05, 4.69) is 24.1 Å². The van der Waals surface area contributed by atoms with Crippen LogP contribution in [0.15, 0.2) is 24.4 Å². The summed E-state index contributed by atoms with van der Waals surface area (Å²) in [4.78, 5) is 4.33. The first kappa shape index (κ1) is 14.1. The molecule has 1 unspecified atom stereocenters. The first-order valence-electron chi connectivity index (χ1n) is 7.58. The molecule has 3 rings (SSSR count). The van der Waals surface area contributed by atoms with Crippen LogP contribution in [0.3, 0.4) is 0 Å². The van der Waals surface area contributed by atoms with Crippen LogP contribution in [0.1, 0.15) is 39.5 Å². The van der Waals surface area contributed by atoms with Crippen LogP contribution in [0.4, 0.5) is 15.8 Å². The maximum absolute atomic E-state index is 14.4. The van der Waals surface area contributed by atoms with Gasteiger partial charge in [0.1, 0.15) is 0 Å². The van der Waals surface area contributed by atoms with Gasteiger partial charge in [-0.25, -0.2) is 4.39 Å². The minimum absolute atomic E-state index is 0.160. The van der Waals surface area contributed by atoms with Crippen molar-refractivity contribution in [2.45, 2.75) is 45.6 Å². The van der Waals surface area contributed by atoms with E-state index in [0.717, 1.165) is 18.2 Å². The summed E-state index contributed by atoms with van der Waals surface area (Å²) < 4.78 is 14.4. The van der Waals surface area contributed by atoms with Gasteiger partial charge in [0.25, 0.3) is 0 Å². The van der Waals surface area contributed by atoms with Crippen molar-refractivity contribution in [2.75, 3.05) is 11.1 Å². The molecular weight excluding hydrogens is 265 g/mol. The lowest BCUT2D eigenvalue weighted by Crippen LogP contribution is -2.39. The lowest BCUT2D eigenvalue weighted by Gasteiger charge is -2.39. The molecule has 3 nitrogen and oxygen atoms in total. The normalized spacial score (nSPS) is 21.4. The molecule has 2 aromatic rings. The monoisotopic (exact) mass is 287 g/mol. The molecule has 1 aliphatic rings. The number of fused-ring (bicyclic) bond motifs is 1. The number of aromatic nitrogens is 1. The maximum Gasteiger partial charge on any atom is 0.150 e. The molecule has 1 aromatic heterocycles. The van der Waals surface area contributed by atoms with Crippen molar-refractivity contribution >= 4 is 22.3 Å². The summed E-state index contributed by atoms with van der Waals surface area (Å²) in [5.41, 5.74) is 7.61. The third-order valence-electron chi connectivity index (χ3n) is 4.70. The van der Waals surface area contributed by atoms with Crippen LogP contribution < -0.4 is 11.1 Å². The van der Waals surface area contributed by atoms with Gasteiger partial charge in [0.05, 0.1) is 11.2 Å². The Labute approximate surface area is 124 Å². The topological polar surface area (TPSA) is 50.9 Å². The zero-order chi connectivity index (χ0) is 15.0. The van der Waals surface area contributed by atoms with Gasteiger partial charge in [-0.05, 0) is 36.5 Å². The molecule has 0 radical (unpaired) electrons. The first-order valence-corrected chi connectivity index (χ1v) is 7.58. The minimum atomic E-state index is -0.319. The Morgan fingerprint density at radius 3 is 2.95 bits per heavy atom. The lowest BCUT2D eigenvalue weighted by atomic mass is 9.73. The molecule has 112 valence electrons. The van der Waals surface area contributed by atoms with Gasteiger partial charge in [0, 0.05) is 23.3 Å². The van der Waals surface area contributed by atoms with Crippen molar-refractivity contribution in [3.05, 3.63) is 30.2 Å². The van der Waals surface area contributed by atoms with Gasteiger partial charge in [0.15, 0.2) is 5.82 Å². The van der Waals surface area contributed by atoms with E-state index in [0.29, 0.717) is 16.9 Å². The highest BCUT2D eigenvalue weighted by Gasteiger charge is 2.33. The molecule has 1 aromatic carbocycles. The number of anilines is 2. The standard InChI is InChI=1S/C17H22FN3/c1-17(2)8-4-3-7-14(17)21-16-12(18)10-13(19)11-6-5-9-20-15(11)16/h5-6,9-10,14,21H,3-4,7-8,19H2,1-2H3. The first-order chi connectivity index (χ1) is 9.99. The Morgan fingerprint density at radius 2 is 2.19 bits per heavy atom. The van der Waals surface area contributed by atoms with E-state index in [4.69, 9.17) is 5.73 Å². The van der Waals surface area contributed by atoms with E-state index in [1.165, 1.54) is 18.9 Å².